The number of nitrogens with one attached hydrogen (secondary N) is 1. The van der Waals surface area contributed by atoms with Crippen molar-refractivity contribution in [2.75, 3.05) is 13.7 Å². The minimum atomic E-state index is -2.09. The van der Waals surface area contributed by atoms with Crippen molar-refractivity contribution in [1.29, 1.82) is 0 Å². The predicted molar refractivity (Wildman–Crippen MR) is 271 cm³/mol. The van der Waals surface area contributed by atoms with E-state index in [9.17, 15) is 60.7 Å². The van der Waals surface area contributed by atoms with E-state index in [2.05, 4.69) is 11.9 Å². The molecule has 2 saturated heterocycles. The highest BCUT2D eigenvalue weighted by Gasteiger charge is 2.48. The van der Waals surface area contributed by atoms with Crippen LogP contribution in [-0.2, 0) is 33.3 Å². The lowest BCUT2D eigenvalue weighted by Crippen LogP contribution is -2.64. The molecule has 1 amide bonds. The van der Waals surface area contributed by atoms with Gasteiger partial charge in [0.15, 0.2) is 12.1 Å². The van der Waals surface area contributed by atoms with Crippen LogP contribution in [0.2, 0.25) is 0 Å². The molecule has 0 aromatic rings. The van der Waals surface area contributed by atoms with E-state index < -0.39 is 110 Å². The predicted octanol–water partition coefficient (Wildman–Crippen LogP) is 2.59. The van der Waals surface area contributed by atoms with Gasteiger partial charge in [-0.25, -0.2) is 4.79 Å². The maximum atomic E-state index is 12.4. The lowest BCUT2D eigenvalue weighted by atomic mass is 9.84. The van der Waals surface area contributed by atoms with E-state index in [0.717, 1.165) is 0 Å². The fourth-order valence-corrected chi connectivity index (χ4v) is 8.04. The maximum Gasteiger partial charge on any atom is 0.407 e. The average molecular weight is 1040 g/mol. The van der Waals surface area contributed by atoms with Crippen LogP contribution in [0.1, 0.15) is 86.0 Å². The molecule has 0 saturated carbocycles. The summed E-state index contributed by atoms with van der Waals surface area (Å²) in [7, 11) is 1.63. The summed E-state index contributed by atoms with van der Waals surface area (Å²) in [5, 5.41) is 117. The number of hydrogen-bond donors (Lipinski definition) is 12. The number of alkyl carbamates (subject to hydrolysis) is 1. The van der Waals surface area contributed by atoms with Crippen molar-refractivity contribution in [1.82, 2.24) is 5.32 Å². The van der Waals surface area contributed by atoms with E-state index in [-0.39, 0.29) is 76.0 Å². The SMILES string of the molecule is C=CCOC(=O)NC1C(O)C(C)OC(OC(/C=C/C=C/C=C/C=C/C=C/C=C/C=C/C(C)C(O)C(C)C(C)OC)CC2OC(O)(CC(O)CC(O)C(O)CCC(O)CC(O)CC=O)CC(O)C2C)C1O.O=CO. The molecule has 2 fully saturated rings. The average Bonchev–Trinajstić information content (AvgIpc) is 3.33. The standard InChI is InChI=1S/C52H83NO17.CH2O2/c1-8-27-67-51(64)53-46-48(62)37(6)68-50(49(46)63)69-41(22-20-18-16-14-12-10-9-11-13-15-17-19-21-33(2)47(61)34(3)36(5)66-7)30-45-35(4)44(60)32-52(65,70-45)31-40(57)29-43(59)42(58)24-23-38(55)28-39(56)25-26-54;2-1-3/h8-22,26,33-50,55-63,65H,1,23-25,27-32H2,2-7H3,(H,53,64);1H,(H,2,3)/b10-9+,13-11+,14-12+,17-15+,18-16+,21-19+,22-20+;. The smallest absolute Gasteiger partial charge is 0.407 e. The van der Waals surface area contributed by atoms with Crippen LogP contribution in [0.25, 0.3) is 0 Å². The Hall–Kier alpha value is -4.23. The number of aliphatic hydroxyl groups is 10. The Balaban J connectivity index is 0.00000865. The summed E-state index contributed by atoms with van der Waals surface area (Å²) in [4.78, 5) is 31.4. The van der Waals surface area contributed by atoms with Gasteiger partial charge >= 0.3 is 6.09 Å². The number of carbonyl (C=O) groups excluding carboxylic acids is 2. The van der Waals surface area contributed by atoms with Crippen molar-refractivity contribution >= 4 is 18.9 Å². The molecule has 0 radical (unpaired) electrons. The van der Waals surface area contributed by atoms with E-state index >= 15 is 0 Å². The summed E-state index contributed by atoms with van der Waals surface area (Å²) < 4.78 is 28.6. The highest BCUT2D eigenvalue weighted by atomic mass is 16.7. The molecule has 0 aromatic carbocycles. The van der Waals surface area contributed by atoms with Crippen LogP contribution in [0.15, 0.2) is 97.7 Å². The van der Waals surface area contributed by atoms with E-state index in [1.807, 2.05) is 75.5 Å². The van der Waals surface area contributed by atoms with Gasteiger partial charge in [-0.3, -0.25) is 4.79 Å². The van der Waals surface area contributed by atoms with Gasteiger partial charge in [0.2, 0.25) is 0 Å². The lowest BCUT2D eigenvalue weighted by Gasteiger charge is -2.46. The molecule has 2 aliphatic rings. The van der Waals surface area contributed by atoms with Gasteiger partial charge < -0.3 is 90.0 Å². The van der Waals surface area contributed by atoms with Crippen LogP contribution >= 0.6 is 0 Å². The minimum Gasteiger partial charge on any atom is -0.483 e. The molecule has 19 unspecified atom stereocenters. The van der Waals surface area contributed by atoms with E-state index in [1.54, 1.807) is 44.4 Å². The molecule has 2 aliphatic heterocycles. The number of aliphatic hydroxyl groups excluding tert-OH is 9. The molecule has 416 valence electrons. The first-order chi connectivity index (χ1) is 34.6. The van der Waals surface area contributed by atoms with E-state index in [1.165, 1.54) is 13.0 Å². The van der Waals surface area contributed by atoms with Gasteiger partial charge in [-0.2, -0.15) is 0 Å². The Morgan fingerprint density at radius 1 is 0.795 bits per heavy atom. The third-order valence-electron chi connectivity index (χ3n) is 12.7. The molecule has 2 rings (SSSR count). The van der Waals surface area contributed by atoms with Crippen molar-refractivity contribution in [3.63, 3.8) is 0 Å². The Morgan fingerprint density at radius 3 is 1.90 bits per heavy atom. The number of methoxy groups -OCH3 is 1. The van der Waals surface area contributed by atoms with Gasteiger partial charge in [-0.1, -0.05) is 118 Å². The van der Waals surface area contributed by atoms with Crippen LogP contribution in [0.3, 0.4) is 0 Å². The minimum absolute atomic E-state index is 0.00594. The van der Waals surface area contributed by atoms with Gasteiger partial charge in [0, 0.05) is 57.0 Å². The van der Waals surface area contributed by atoms with Crippen LogP contribution in [0, 0.1) is 17.8 Å². The Morgan fingerprint density at radius 2 is 1.36 bits per heavy atom. The number of carbonyl (C=O) groups is 3. The molecule has 0 spiro atoms. The van der Waals surface area contributed by atoms with E-state index in [0.29, 0.717) is 6.29 Å². The summed E-state index contributed by atoms with van der Waals surface area (Å²) in [6.07, 6.45) is 9.75. The summed E-state index contributed by atoms with van der Waals surface area (Å²) in [5.74, 6) is -2.72. The number of hydrogen-bond acceptors (Lipinski definition) is 18. The zero-order valence-electron chi connectivity index (χ0n) is 43.0. The van der Waals surface area contributed by atoms with Crippen molar-refractivity contribution in [2.24, 2.45) is 17.8 Å². The lowest BCUT2D eigenvalue weighted by molar-refractivity contribution is -0.309. The highest BCUT2D eigenvalue weighted by Crippen LogP contribution is 2.38. The molecule has 12 N–H and O–H groups in total. The number of ether oxygens (including phenoxy) is 5. The summed E-state index contributed by atoms with van der Waals surface area (Å²) in [6, 6.07) is -1.26. The summed E-state index contributed by atoms with van der Waals surface area (Å²) in [6.45, 7) is 12.2. The number of amides is 1. The second-order valence-electron chi connectivity index (χ2n) is 18.6. The van der Waals surface area contributed by atoms with Gasteiger partial charge in [0.1, 0.15) is 25.1 Å². The molecule has 2 heterocycles. The maximum absolute atomic E-state index is 12.4. The molecule has 20 heteroatoms. The second kappa shape index (κ2) is 36.7. The van der Waals surface area contributed by atoms with Gasteiger partial charge in [-0.15, -0.1) is 0 Å². The topological polar surface area (TPSA) is 332 Å². The van der Waals surface area contributed by atoms with Gasteiger partial charge in [0.25, 0.3) is 6.47 Å². The number of allylic oxidation sites excluding steroid dienone is 12. The largest absolute Gasteiger partial charge is 0.483 e. The first kappa shape index (κ1) is 66.8. The van der Waals surface area contributed by atoms with Crippen molar-refractivity contribution in [3.8, 4) is 0 Å². The fourth-order valence-electron chi connectivity index (χ4n) is 8.04. The number of aldehydes is 1. The summed E-state index contributed by atoms with van der Waals surface area (Å²) in [5.41, 5.74) is 0. The van der Waals surface area contributed by atoms with Gasteiger partial charge in [0.05, 0.1) is 73.2 Å². The molecule has 19 atom stereocenters. The third kappa shape index (κ3) is 26.2. The summed E-state index contributed by atoms with van der Waals surface area (Å²) >= 11 is 0. The van der Waals surface area contributed by atoms with Gasteiger partial charge in [-0.05, 0) is 33.1 Å². The monoisotopic (exact) mass is 1040 g/mol. The number of carboxylic acid groups (broad SMARTS) is 1. The van der Waals surface area contributed by atoms with Crippen LogP contribution in [-0.4, -0.2) is 186 Å². The Bertz CT molecular complexity index is 1770. The molecule has 20 nitrogen and oxygen atoms in total. The molecule has 0 bridgehead atoms. The van der Waals surface area contributed by atoms with Crippen LogP contribution < -0.4 is 5.32 Å². The first-order valence-electron chi connectivity index (χ1n) is 24.7. The Labute approximate surface area is 430 Å². The first-order valence-corrected chi connectivity index (χ1v) is 24.7. The zero-order chi connectivity index (χ0) is 55.1. The van der Waals surface area contributed by atoms with Crippen molar-refractivity contribution < 1.29 is 94.2 Å². The second-order valence-corrected chi connectivity index (χ2v) is 18.6. The van der Waals surface area contributed by atoms with E-state index in [4.69, 9.17) is 33.6 Å². The molecule has 0 aliphatic carbocycles. The normalized spacial score (nSPS) is 29.2. The molecular formula is C53H85NO19. The fraction of sp³-hybridized carbons (Fsp3) is 0.642. The highest BCUT2D eigenvalue weighted by molar-refractivity contribution is 5.68. The van der Waals surface area contributed by atoms with Crippen LogP contribution in [0.4, 0.5) is 4.79 Å². The third-order valence-corrected chi connectivity index (χ3v) is 12.7. The van der Waals surface area contributed by atoms with Crippen molar-refractivity contribution in [2.45, 2.75) is 183 Å². The molecule has 0 aromatic heterocycles. The number of rotatable bonds is 31. The molecule has 73 heavy (non-hydrogen) atoms. The van der Waals surface area contributed by atoms with Crippen LogP contribution in [0.5, 0.6) is 0 Å². The zero-order valence-corrected chi connectivity index (χ0v) is 43.0. The molecular weight excluding hydrogens is 955 g/mol. The quantitative estimate of drug-likeness (QED) is 0.0270. The van der Waals surface area contributed by atoms with Crippen molar-refractivity contribution in [3.05, 3.63) is 97.7 Å². The Kier molecular flexibility index (Phi) is 33.5.